The van der Waals surface area contributed by atoms with Gasteiger partial charge in [0, 0.05) is 25.4 Å². The first-order valence-corrected chi connectivity index (χ1v) is 4.40. The molecule has 3 heteroatoms. The number of Topliss-reactive ketones (excluding diaryl/α,β-unsaturated/α-hetero) is 1. The van der Waals surface area contributed by atoms with Gasteiger partial charge in [-0.2, -0.15) is 5.26 Å². The molecule has 1 aliphatic rings. The van der Waals surface area contributed by atoms with Crippen molar-refractivity contribution in [2.45, 2.75) is 19.8 Å². The zero-order valence-corrected chi connectivity index (χ0v) is 7.42. The van der Waals surface area contributed by atoms with Gasteiger partial charge in [0.25, 0.3) is 0 Å². The van der Waals surface area contributed by atoms with Crippen molar-refractivity contribution >= 4 is 5.78 Å². The Hall–Kier alpha value is -0.880. The van der Waals surface area contributed by atoms with Crippen LogP contribution >= 0.6 is 0 Å². The number of carbonyl (C=O) groups excluding carboxylic acids is 1. The van der Waals surface area contributed by atoms with Gasteiger partial charge in [0.2, 0.25) is 0 Å². The van der Waals surface area contributed by atoms with E-state index in [-0.39, 0.29) is 5.92 Å². The van der Waals surface area contributed by atoms with Crippen LogP contribution in [-0.4, -0.2) is 30.3 Å². The predicted octanol–water partition coefficient (Wildman–Crippen LogP) is 0.811. The lowest BCUT2D eigenvalue weighted by atomic mass is 9.94. The molecule has 0 aromatic rings. The maximum Gasteiger partial charge on any atom is 0.138 e. The molecular weight excluding hydrogens is 152 g/mol. The molecule has 1 unspecified atom stereocenters. The van der Waals surface area contributed by atoms with Crippen LogP contribution in [0.25, 0.3) is 0 Å². The van der Waals surface area contributed by atoms with E-state index in [4.69, 9.17) is 5.26 Å². The van der Waals surface area contributed by atoms with Gasteiger partial charge in [-0.25, -0.2) is 0 Å². The third-order valence-corrected chi connectivity index (χ3v) is 2.40. The summed E-state index contributed by atoms with van der Waals surface area (Å²) in [5.74, 6) is 0.541. The lowest BCUT2D eigenvalue weighted by molar-refractivity contribution is -0.126. The molecule has 0 N–H and O–H groups in total. The van der Waals surface area contributed by atoms with Gasteiger partial charge in [-0.15, -0.1) is 0 Å². The van der Waals surface area contributed by atoms with E-state index >= 15 is 0 Å². The van der Waals surface area contributed by atoms with Gasteiger partial charge in [0.05, 0.1) is 12.6 Å². The third-order valence-electron chi connectivity index (χ3n) is 2.40. The summed E-state index contributed by atoms with van der Waals surface area (Å²) in [4.78, 5) is 13.3. The van der Waals surface area contributed by atoms with Crippen LogP contribution in [0.2, 0.25) is 0 Å². The number of ketones is 1. The summed E-state index contributed by atoms with van der Waals surface area (Å²) in [6.07, 6.45) is 1.53. The van der Waals surface area contributed by atoms with Gasteiger partial charge in [0.15, 0.2) is 0 Å². The molecule has 0 spiro atoms. The molecule has 1 atom stereocenters. The van der Waals surface area contributed by atoms with Crippen molar-refractivity contribution in [3.63, 3.8) is 0 Å². The fraction of sp³-hybridized carbons (Fsp3) is 0.778. The number of rotatable bonds is 2. The normalized spacial score (nSPS) is 25.3. The molecule has 1 fully saturated rings. The molecule has 0 saturated carbocycles. The molecule has 1 rings (SSSR count). The van der Waals surface area contributed by atoms with E-state index in [1.165, 1.54) is 0 Å². The Labute approximate surface area is 73.0 Å². The maximum absolute atomic E-state index is 11.3. The highest BCUT2D eigenvalue weighted by molar-refractivity contribution is 5.82. The van der Waals surface area contributed by atoms with Crippen molar-refractivity contribution in [2.24, 2.45) is 5.92 Å². The first-order valence-electron chi connectivity index (χ1n) is 4.40. The molecule has 1 saturated heterocycles. The van der Waals surface area contributed by atoms with Crippen LogP contribution in [0.3, 0.4) is 0 Å². The Bertz CT molecular complexity index is 207. The van der Waals surface area contributed by atoms with Crippen molar-refractivity contribution in [1.82, 2.24) is 4.90 Å². The van der Waals surface area contributed by atoms with Crippen molar-refractivity contribution in [1.29, 1.82) is 5.26 Å². The third kappa shape index (κ3) is 2.05. The first kappa shape index (κ1) is 9.21. The molecule has 0 radical (unpaired) electrons. The summed E-state index contributed by atoms with van der Waals surface area (Å²) in [5, 5.41) is 8.47. The van der Waals surface area contributed by atoms with Crippen molar-refractivity contribution < 1.29 is 4.79 Å². The lowest BCUT2D eigenvalue weighted by Gasteiger charge is -2.29. The highest BCUT2D eigenvalue weighted by Crippen LogP contribution is 2.15. The van der Waals surface area contributed by atoms with Crippen LogP contribution in [0.1, 0.15) is 19.8 Å². The zero-order chi connectivity index (χ0) is 8.97. The Kier molecular flexibility index (Phi) is 3.24. The Morgan fingerprint density at radius 2 is 2.50 bits per heavy atom. The van der Waals surface area contributed by atoms with Crippen LogP contribution in [0.15, 0.2) is 0 Å². The molecule has 66 valence electrons. The van der Waals surface area contributed by atoms with Crippen molar-refractivity contribution in [3.05, 3.63) is 0 Å². The Balaban J connectivity index is 2.45. The van der Waals surface area contributed by atoms with E-state index in [0.717, 1.165) is 19.5 Å². The van der Waals surface area contributed by atoms with Gasteiger partial charge >= 0.3 is 0 Å². The number of nitriles is 1. The van der Waals surface area contributed by atoms with E-state index in [0.29, 0.717) is 18.7 Å². The van der Waals surface area contributed by atoms with Crippen LogP contribution < -0.4 is 0 Å². The fourth-order valence-corrected chi connectivity index (χ4v) is 1.58. The largest absolute Gasteiger partial charge is 0.299 e. The van der Waals surface area contributed by atoms with E-state index < -0.39 is 0 Å². The quantitative estimate of drug-likeness (QED) is 0.570. The molecule has 0 aromatic heterocycles. The van der Waals surface area contributed by atoms with Crippen LogP contribution in [-0.2, 0) is 4.79 Å². The van der Waals surface area contributed by atoms with Gasteiger partial charge in [-0.3, -0.25) is 9.69 Å². The molecule has 0 amide bonds. The summed E-state index contributed by atoms with van der Waals surface area (Å²) >= 11 is 0. The standard InChI is InChI=1S/C9H14N2O/c1-2-8-7-11(6-4-10)5-3-9(8)12/h8H,2-3,5-7H2,1H3. The van der Waals surface area contributed by atoms with Gasteiger partial charge in [0.1, 0.15) is 5.78 Å². The minimum Gasteiger partial charge on any atom is -0.299 e. The second-order valence-corrected chi connectivity index (χ2v) is 3.21. The SMILES string of the molecule is CCC1CN(CC#N)CCC1=O. The minimum atomic E-state index is 0.173. The second kappa shape index (κ2) is 4.22. The average molecular weight is 166 g/mol. The van der Waals surface area contributed by atoms with E-state index in [1.807, 2.05) is 6.92 Å². The number of hydrogen-bond donors (Lipinski definition) is 0. The average Bonchev–Trinajstić information content (AvgIpc) is 2.09. The molecule has 0 aliphatic carbocycles. The Morgan fingerprint density at radius 1 is 1.75 bits per heavy atom. The number of piperidine rings is 1. The minimum absolute atomic E-state index is 0.173. The Morgan fingerprint density at radius 3 is 3.08 bits per heavy atom. The summed E-state index contributed by atoms with van der Waals surface area (Å²) in [7, 11) is 0. The molecule has 1 heterocycles. The fourth-order valence-electron chi connectivity index (χ4n) is 1.58. The molecular formula is C9H14N2O. The summed E-state index contributed by atoms with van der Waals surface area (Å²) in [6.45, 7) is 4.04. The predicted molar refractivity (Wildman–Crippen MR) is 45.5 cm³/mol. The molecule has 0 aromatic carbocycles. The number of nitrogens with zero attached hydrogens (tertiary/aromatic N) is 2. The number of carbonyl (C=O) groups is 1. The van der Waals surface area contributed by atoms with Gasteiger partial charge < -0.3 is 0 Å². The summed E-state index contributed by atoms with van der Waals surface area (Å²) in [6, 6.07) is 2.11. The zero-order valence-electron chi connectivity index (χ0n) is 7.42. The highest BCUT2D eigenvalue weighted by Gasteiger charge is 2.24. The van der Waals surface area contributed by atoms with Gasteiger partial charge in [-0.1, -0.05) is 6.92 Å². The molecule has 1 aliphatic heterocycles. The highest BCUT2D eigenvalue weighted by atomic mass is 16.1. The summed E-state index contributed by atoms with van der Waals surface area (Å²) < 4.78 is 0. The van der Waals surface area contributed by atoms with Crippen molar-refractivity contribution in [2.75, 3.05) is 19.6 Å². The molecule has 0 bridgehead atoms. The summed E-state index contributed by atoms with van der Waals surface area (Å²) in [5.41, 5.74) is 0. The number of likely N-dealkylation sites (tertiary alicyclic amines) is 1. The molecule has 3 nitrogen and oxygen atoms in total. The van der Waals surface area contributed by atoms with Gasteiger partial charge in [-0.05, 0) is 6.42 Å². The maximum atomic E-state index is 11.3. The van der Waals surface area contributed by atoms with Crippen LogP contribution in [0.4, 0.5) is 0 Å². The van der Waals surface area contributed by atoms with E-state index in [2.05, 4.69) is 11.0 Å². The first-order chi connectivity index (χ1) is 5.77. The molecule has 12 heavy (non-hydrogen) atoms. The number of hydrogen-bond acceptors (Lipinski definition) is 3. The monoisotopic (exact) mass is 166 g/mol. The van der Waals surface area contributed by atoms with E-state index in [9.17, 15) is 4.79 Å². The topological polar surface area (TPSA) is 44.1 Å². The smallest absolute Gasteiger partial charge is 0.138 e. The second-order valence-electron chi connectivity index (χ2n) is 3.21. The lowest BCUT2D eigenvalue weighted by Crippen LogP contribution is -2.40. The van der Waals surface area contributed by atoms with Crippen LogP contribution in [0.5, 0.6) is 0 Å². The van der Waals surface area contributed by atoms with Crippen molar-refractivity contribution in [3.8, 4) is 6.07 Å². The van der Waals surface area contributed by atoms with Crippen LogP contribution in [0, 0.1) is 17.2 Å². The van der Waals surface area contributed by atoms with E-state index in [1.54, 1.807) is 0 Å².